The number of halogens is 1. The molecule has 0 aliphatic carbocycles. The minimum Gasteiger partial charge on any atom is -0.456 e. The first kappa shape index (κ1) is 26.0. The lowest BCUT2D eigenvalue weighted by atomic mass is 9.77. The second-order valence-electron chi connectivity index (χ2n) is 11.5. The van der Waals surface area contributed by atoms with Gasteiger partial charge in [0.2, 0.25) is 0 Å². The van der Waals surface area contributed by atoms with Gasteiger partial charge < -0.3 is 18.9 Å². The normalized spacial score (nSPS) is 15.1. The van der Waals surface area contributed by atoms with E-state index < -0.39 is 34.3 Å². The van der Waals surface area contributed by atoms with E-state index in [1.165, 1.54) is 0 Å². The SMILES string of the molecule is CC(C)(C)C(=O)Oc1ccc2c(c1)Oc1cc(OC(=O)C(C)(C)C)ccc1C21OC(=O)c2ccc(Br)cc21. The summed E-state index contributed by atoms with van der Waals surface area (Å²) in [4.78, 5) is 38.2. The summed E-state index contributed by atoms with van der Waals surface area (Å²) in [5.74, 6) is -0.0126. The Morgan fingerprint density at radius 2 is 1.24 bits per heavy atom. The topological polar surface area (TPSA) is 88.1 Å². The molecule has 3 aromatic carbocycles. The summed E-state index contributed by atoms with van der Waals surface area (Å²) in [5.41, 5.74) is -0.515. The first-order chi connectivity index (χ1) is 17.7. The number of carbonyl (C=O) groups excluding carboxylic acids is 3. The van der Waals surface area contributed by atoms with Gasteiger partial charge in [-0.3, -0.25) is 9.59 Å². The first-order valence-electron chi connectivity index (χ1n) is 12.1. The van der Waals surface area contributed by atoms with E-state index in [1.54, 1.807) is 90.1 Å². The zero-order valence-corrected chi connectivity index (χ0v) is 23.5. The lowest BCUT2D eigenvalue weighted by molar-refractivity contribution is -0.143. The van der Waals surface area contributed by atoms with E-state index >= 15 is 0 Å². The van der Waals surface area contributed by atoms with E-state index in [1.807, 2.05) is 6.07 Å². The summed E-state index contributed by atoms with van der Waals surface area (Å²) in [6.45, 7) is 10.6. The van der Waals surface area contributed by atoms with Crippen LogP contribution in [-0.2, 0) is 19.9 Å². The van der Waals surface area contributed by atoms with Gasteiger partial charge in [-0.2, -0.15) is 0 Å². The number of benzene rings is 3. The molecule has 8 heteroatoms. The fourth-order valence-electron chi connectivity index (χ4n) is 4.30. The standard InChI is InChI=1S/C30H27BrO7/c1-28(2,3)26(33)35-17-8-11-20-23(14-17)37-24-15-18(36-27(34)29(4,5)6)9-12-21(24)30(20)22-13-16(31)7-10-19(22)25(32)38-30/h7-15H,1-6H3. The third-order valence-electron chi connectivity index (χ3n) is 6.36. The summed E-state index contributed by atoms with van der Waals surface area (Å²) in [5, 5.41) is 0. The molecule has 0 N–H and O–H groups in total. The van der Waals surface area contributed by atoms with Crippen molar-refractivity contribution in [1.82, 2.24) is 0 Å². The Labute approximate surface area is 229 Å². The van der Waals surface area contributed by atoms with Crippen molar-refractivity contribution in [1.29, 1.82) is 0 Å². The molecule has 2 aliphatic heterocycles. The van der Waals surface area contributed by atoms with Crippen LogP contribution in [0.4, 0.5) is 0 Å². The van der Waals surface area contributed by atoms with Crippen molar-refractivity contribution in [2.75, 3.05) is 0 Å². The van der Waals surface area contributed by atoms with Crippen LogP contribution in [0.15, 0.2) is 59.1 Å². The predicted octanol–water partition coefficient (Wildman–Crippen LogP) is 6.92. The number of hydrogen-bond donors (Lipinski definition) is 0. The highest BCUT2D eigenvalue weighted by atomic mass is 79.9. The molecule has 2 aliphatic rings. The van der Waals surface area contributed by atoms with Gasteiger partial charge in [0.15, 0.2) is 5.60 Å². The molecule has 0 aromatic heterocycles. The zero-order chi connectivity index (χ0) is 27.6. The second-order valence-corrected chi connectivity index (χ2v) is 12.4. The first-order valence-corrected chi connectivity index (χ1v) is 12.9. The van der Waals surface area contributed by atoms with Crippen LogP contribution in [0, 0.1) is 10.8 Å². The molecule has 3 aromatic rings. The van der Waals surface area contributed by atoms with E-state index in [0.29, 0.717) is 33.8 Å². The van der Waals surface area contributed by atoms with E-state index in [9.17, 15) is 14.4 Å². The van der Waals surface area contributed by atoms with Gasteiger partial charge in [-0.15, -0.1) is 0 Å². The maximum Gasteiger partial charge on any atom is 0.340 e. The van der Waals surface area contributed by atoms with Crippen molar-refractivity contribution in [2.45, 2.75) is 47.1 Å². The van der Waals surface area contributed by atoms with Crippen LogP contribution in [0.25, 0.3) is 0 Å². The summed E-state index contributed by atoms with van der Waals surface area (Å²) in [7, 11) is 0. The number of carbonyl (C=O) groups is 3. The summed E-state index contributed by atoms with van der Waals surface area (Å²) < 4.78 is 24.4. The lowest BCUT2D eigenvalue weighted by Crippen LogP contribution is -2.33. The number of ether oxygens (including phenoxy) is 4. The van der Waals surface area contributed by atoms with Gasteiger partial charge in [0.25, 0.3) is 0 Å². The van der Waals surface area contributed by atoms with Gasteiger partial charge >= 0.3 is 17.9 Å². The predicted molar refractivity (Wildman–Crippen MR) is 143 cm³/mol. The van der Waals surface area contributed by atoms with Crippen LogP contribution in [0.2, 0.25) is 0 Å². The smallest absolute Gasteiger partial charge is 0.340 e. The molecule has 2 heterocycles. The molecule has 196 valence electrons. The van der Waals surface area contributed by atoms with Crippen molar-refractivity contribution in [2.24, 2.45) is 10.8 Å². The van der Waals surface area contributed by atoms with E-state index in [2.05, 4.69) is 15.9 Å². The monoisotopic (exact) mass is 578 g/mol. The molecule has 0 bridgehead atoms. The Balaban J connectivity index is 1.68. The van der Waals surface area contributed by atoms with E-state index in [-0.39, 0.29) is 11.5 Å². The maximum absolute atomic E-state index is 13.1. The average molecular weight is 579 g/mol. The Hall–Kier alpha value is -3.65. The van der Waals surface area contributed by atoms with Gasteiger partial charge in [-0.1, -0.05) is 15.9 Å². The molecule has 0 fully saturated rings. The van der Waals surface area contributed by atoms with Gasteiger partial charge in [0, 0.05) is 33.3 Å². The number of rotatable bonds is 2. The van der Waals surface area contributed by atoms with Crippen LogP contribution < -0.4 is 14.2 Å². The van der Waals surface area contributed by atoms with Crippen molar-refractivity contribution >= 4 is 33.8 Å². The minimum atomic E-state index is -1.32. The third kappa shape index (κ3) is 4.26. The highest BCUT2D eigenvalue weighted by Gasteiger charge is 2.54. The van der Waals surface area contributed by atoms with Crippen molar-refractivity contribution < 1.29 is 33.3 Å². The lowest BCUT2D eigenvalue weighted by Gasteiger charge is -2.36. The van der Waals surface area contributed by atoms with E-state index in [0.717, 1.165) is 4.47 Å². The molecule has 0 unspecified atom stereocenters. The molecule has 5 rings (SSSR count). The summed E-state index contributed by atoms with van der Waals surface area (Å²) in [6.07, 6.45) is 0. The van der Waals surface area contributed by atoms with Crippen LogP contribution >= 0.6 is 15.9 Å². The van der Waals surface area contributed by atoms with Crippen LogP contribution in [0.1, 0.15) is 68.6 Å². The molecule has 38 heavy (non-hydrogen) atoms. The zero-order valence-electron chi connectivity index (χ0n) is 21.9. The Kier molecular flexibility index (Phi) is 5.95. The Morgan fingerprint density at radius 1 is 0.737 bits per heavy atom. The van der Waals surface area contributed by atoms with E-state index in [4.69, 9.17) is 18.9 Å². The quantitative estimate of drug-likeness (QED) is 0.241. The number of fused-ring (bicyclic) bond motifs is 6. The van der Waals surface area contributed by atoms with Crippen molar-refractivity contribution in [3.8, 4) is 23.0 Å². The summed E-state index contributed by atoms with van der Waals surface area (Å²) >= 11 is 3.52. The largest absolute Gasteiger partial charge is 0.456 e. The second kappa shape index (κ2) is 8.70. The molecular formula is C30H27BrO7. The van der Waals surface area contributed by atoms with Gasteiger partial charge in [-0.05, 0) is 84.0 Å². The van der Waals surface area contributed by atoms with Crippen LogP contribution in [-0.4, -0.2) is 17.9 Å². The molecule has 0 saturated heterocycles. The highest BCUT2D eigenvalue weighted by Crippen LogP contribution is 2.57. The highest BCUT2D eigenvalue weighted by molar-refractivity contribution is 9.10. The molecular weight excluding hydrogens is 552 g/mol. The van der Waals surface area contributed by atoms with Crippen molar-refractivity contribution in [3.05, 3.63) is 81.3 Å². The Bertz CT molecular complexity index is 1430. The minimum absolute atomic E-state index is 0.288. The van der Waals surface area contributed by atoms with Crippen molar-refractivity contribution in [3.63, 3.8) is 0 Å². The summed E-state index contributed by atoms with van der Waals surface area (Å²) in [6, 6.07) is 15.3. The van der Waals surface area contributed by atoms with Gasteiger partial charge in [-0.25, -0.2) is 4.79 Å². The molecule has 0 atom stereocenters. The average Bonchev–Trinajstić information content (AvgIpc) is 3.09. The molecule has 1 spiro atoms. The molecule has 0 saturated carbocycles. The number of esters is 3. The fraction of sp³-hybridized carbons (Fsp3) is 0.300. The van der Waals surface area contributed by atoms with Crippen LogP contribution in [0.3, 0.4) is 0 Å². The molecule has 0 amide bonds. The van der Waals surface area contributed by atoms with Crippen LogP contribution in [0.5, 0.6) is 23.0 Å². The fourth-order valence-corrected chi connectivity index (χ4v) is 4.66. The van der Waals surface area contributed by atoms with Gasteiger partial charge in [0.1, 0.15) is 23.0 Å². The number of hydrogen-bond acceptors (Lipinski definition) is 7. The third-order valence-corrected chi connectivity index (χ3v) is 6.85. The molecule has 0 radical (unpaired) electrons. The Morgan fingerprint density at radius 3 is 1.71 bits per heavy atom. The maximum atomic E-state index is 13.1. The van der Waals surface area contributed by atoms with Gasteiger partial charge in [0.05, 0.1) is 16.4 Å². The molecule has 7 nitrogen and oxygen atoms in total.